The lowest BCUT2D eigenvalue weighted by Gasteiger charge is -2.32. The van der Waals surface area contributed by atoms with E-state index in [9.17, 15) is 22.8 Å². The molecule has 0 bridgehead atoms. The van der Waals surface area contributed by atoms with Crippen molar-refractivity contribution in [1.29, 1.82) is 0 Å². The number of rotatable bonds is 6. The van der Waals surface area contributed by atoms with E-state index in [2.05, 4.69) is 22.6 Å². The molecule has 1 atom stereocenters. The van der Waals surface area contributed by atoms with Crippen LogP contribution in [0.5, 0.6) is 0 Å². The number of carbonyl (C=O) groups is 1. The topological polar surface area (TPSA) is 75.6 Å². The molecule has 1 unspecified atom stereocenters. The Labute approximate surface area is 221 Å². The van der Waals surface area contributed by atoms with Gasteiger partial charge in [-0.1, -0.05) is 12.1 Å². The van der Waals surface area contributed by atoms with Gasteiger partial charge in [-0.05, 0) is 83.8 Å². The Morgan fingerprint density at radius 1 is 1.08 bits per heavy atom. The van der Waals surface area contributed by atoms with Crippen molar-refractivity contribution >= 4 is 11.6 Å². The molecule has 2 aliphatic rings. The Bertz CT molecular complexity index is 1210. The van der Waals surface area contributed by atoms with Crippen LogP contribution in [0.25, 0.3) is 0 Å². The summed E-state index contributed by atoms with van der Waals surface area (Å²) in [6, 6.07) is 3.35. The van der Waals surface area contributed by atoms with Crippen molar-refractivity contribution < 1.29 is 22.7 Å². The van der Waals surface area contributed by atoms with Crippen LogP contribution in [0.1, 0.15) is 77.3 Å². The summed E-state index contributed by atoms with van der Waals surface area (Å²) < 4.78 is 47.5. The molecule has 1 amide bonds. The average Bonchev–Trinajstić information content (AvgIpc) is 2.88. The maximum atomic E-state index is 13.7. The fraction of sp³-hybridized carbons (Fsp3) is 0.571. The highest BCUT2D eigenvalue weighted by atomic mass is 19.4. The van der Waals surface area contributed by atoms with Crippen LogP contribution >= 0.6 is 0 Å². The van der Waals surface area contributed by atoms with E-state index in [0.29, 0.717) is 48.4 Å². The summed E-state index contributed by atoms with van der Waals surface area (Å²) in [5, 5.41) is 6.37. The number of aromatic nitrogens is 1. The summed E-state index contributed by atoms with van der Waals surface area (Å²) in [6.07, 6.45) is 0.221. The Morgan fingerprint density at radius 2 is 1.74 bits per heavy atom. The van der Waals surface area contributed by atoms with E-state index in [1.807, 2.05) is 0 Å². The Hall–Kier alpha value is -2.85. The number of nitrogens with one attached hydrogen (secondary N) is 2. The van der Waals surface area contributed by atoms with E-state index in [4.69, 9.17) is 4.74 Å². The molecule has 2 aromatic rings. The van der Waals surface area contributed by atoms with E-state index in [-0.39, 0.29) is 23.2 Å². The average molecular weight is 535 g/mol. The number of hydrogen-bond acceptors (Lipinski definition) is 5. The molecule has 1 aromatic heterocycles. The third kappa shape index (κ3) is 6.07. The van der Waals surface area contributed by atoms with Gasteiger partial charge in [-0.2, -0.15) is 13.2 Å². The number of hydrogen-bond donors (Lipinski definition) is 2. The molecule has 2 aliphatic heterocycles. The van der Waals surface area contributed by atoms with Gasteiger partial charge in [0.05, 0.1) is 22.9 Å². The van der Waals surface area contributed by atoms with Crippen molar-refractivity contribution in [2.75, 3.05) is 38.7 Å². The summed E-state index contributed by atoms with van der Waals surface area (Å²) in [4.78, 5) is 29.4. The molecule has 0 spiro atoms. The zero-order valence-corrected chi connectivity index (χ0v) is 22.5. The fourth-order valence-corrected chi connectivity index (χ4v) is 5.50. The predicted octanol–water partition coefficient (Wildman–Crippen LogP) is 4.83. The van der Waals surface area contributed by atoms with Gasteiger partial charge in [0, 0.05) is 37.1 Å². The Morgan fingerprint density at radius 3 is 2.37 bits per heavy atom. The molecule has 3 heterocycles. The number of alkyl halides is 3. The van der Waals surface area contributed by atoms with Crippen LogP contribution in [0.3, 0.4) is 0 Å². The number of piperidine rings is 1. The Kier molecular flexibility index (Phi) is 8.52. The van der Waals surface area contributed by atoms with Crippen molar-refractivity contribution in [3.05, 3.63) is 62.6 Å². The van der Waals surface area contributed by atoms with E-state index in [1.54, 1.807) is 30.7 Å². The lowest BCUT2D eigenvalue weighted by atomic mass is 9.96. The van der Waals surface area contributed by atoms with Crippen LogP contribution in [-0.4, -0.2) is 54.8 Å². The largest absolute Gasteiger partial charge is 0.416 e. The number of anilines is 1. The van der Waals surface area contributed by atoms with Crippen molar-refractivity contribution in [1.82, 2.24) is 14.8 Å². The smallest absolute Gasteiger partial charge is 0.381 e. The van der Waals surface area contributed by atoms with Gasteiger partial charge in [-0.15, -0.1) is 0 Å². The van der Waals surface area contributed by atoms with Crippen molar-refractivity contribution in [2.24, 2.45) is 0 Å². The standard InChI is InChI=1S/C28H37F3N4O3/c1-17-22(6-5-7-24(17)28(29,30)31)19(3)32-26(36)23-16-35(21-10-14-38-15-11-21)27(37)18(2)25(23)33-20-8-12-34(4)13-9-20/h5-7,16,19-21,33H,8-15H2,1-4H3,(H,32,36). The summed E-state index contributed by atoms with van der Waals surface area (Å²) in [5.74, 6) is -0.436. The normalized spacial score (nSPS) is 18.8. The van der Waals surface area contributed by atoms with Gasteiger partial charge in [0.25, 0.3) is 11.5 Å². The number of carbonyl (C=O) groups excluding carboxylic acids is 1. The number of nitrogens with zero attached hydrogens (tertiary/aromatic N) is 2. The summed E-state index contributed by atoms with van der Waals surface area (Å²) >= 11 is 0. The maximum absolute atomic E-state index is 13.7. The van der Waals surface area contributed by atoms with Gasteiger partial charge < -0.3 is 24.8 Å². The summed E-state index contributed by atoms with van der Waals surface area (Å²) in [6.45, 7) is 7.71. The van der Waals surface area contributed by atoms with Gasteiger partial charge in [0.2, 0.25) is 0 Å². The van der Waals surface area contributed by atoms with E-state index in [1.165, 1.54) is 13.0 Å². The lowest BCUT2D eigenvalue weighted by molar-refractivity contribution is -0.138. The fourth-order valence-electron chi connectivity index (χ4n) is 5.50. The minimum Gasteiger partial charge on any atom is -0.381 e. The maximum Gasteiger partial charge on any atom is 0.416 e. The van der Waals surface area contributed by atoms with E-state index < -0.39 is 23.7 Å². The third-order valence-electron chi connectivity index (χ3n) is 7.86. The van der Waals surface area contributed by atoms with Crippen molar-refractivity contribution in [3.8, 4) is 0 Å². The van der Waals surface area contributed by atoms with Crippen LogP contribution in [0, 0.1) is 13.8 Å². The van der Waals surface area contributed by atoms with Crippen molar-refractivity contribution in [3.63, 3.8) is 0 Å². The molecule has 1 aromatic carbocycles. The third-order valence-corrected chi connectivity index (χ3v) is 7.86. The molecule has 0 aliphatic carbocycles. The zero-order valence-electron chi connectivity index (χ0n) is 22.5. The number of amides is 1. The molecule has 7 nitrogen and oxygen atoms in total. The quantitative estimate of drug-likeness (QED) is 0.555. The molecule has 2 fully saturated rings. The molecule has 0 saturated carbocycles. The molecule has 2 saturated heterocycles. The minimum absolute atomic E-state index is 0.0815. The molecule has 0 radical (unpaired) electrons. The van der Waals surface area contributed by atoms with Gasteiger partial charge in [0.15, 0.2) is 0 Å². The van der Waals surface area contributed by atoms with E-state index >= 15 is 0 Å². The highest BCUT2D eigenvalue weighted by Gasteiger charge is 2.34. The highest BCUT2D eigenvalue weighted by Crippen LogP contribution is 2.35. The van der Waals surface area contributed by atoms with Gasteiger partial charge in [-0.3, -0.25) is 9.59 Å². The number of likely N-dealkylation sites (tertiary alicyclic amines) is 1. The van der Waals surface area contributed by atoms with Crippen LogP contribution in [-0.2, 0) is 10.9 Å². The van der Waals surface area contributed by atoms with Gasteiger partial charge in [0.1, 0.15) is 0 Å². The molecule has 2 N–H and O–H groups in total. The summed E-state index contributed by atoms with van der Waals surface area (Å²) in [7, 11) is 2.06. The first-order valence-electron chi connectivity index (χ1n) is 13.2. The minimum atomic E-state index is -4.48. The van der Waals surface area contributed by atoms with Gasteiger partial charge >= 0.3 is 6.18 Å². The molecule has 4 rings (SSSR count). The molecule has 38 heavy (non-hydrogen) atoms. The molecule has 10 heteroatoms. The van der Waals surface area contributed by atoms with Crippen LogP contribution in [0.4, 0.5) is 18.9 Å². The van der Waals surface area contributed by atoms with Crippen molar-refractivity contribution in [2.45, 2.75) is 70.8 Å². The zero-order chi connectivity index (χ0) is 27.6. The first-order valence-corrected chi connectivity index (χ1v) is 13.2. The number of ether oxygens (including phenoxy) is 1. The molecule has 208 valence electrons. The number of benzene rings is 1. The monoisotopic (exact) mass is 534 g/mol. The van der Waals surface area contributed by atoms with E-state index in [0.717, 1.165) is 32.0 Å². The second-order valence-electron chi connectivity index (χ2n) is 10.5. The molecular formula is C28H37F3N4O3. The highest BCUT2D eigenvalue weighted by molar-refractivity contribution is 6.00. The van der Waals surface area contributed by atoms with Crippen LogP contribution in [0.15, 0.2) is 29.2 Å². The molecular weight excluding hydrogens is 497 g/mol. The first-order chi connectivity index (χ1) is 18.0. The lowest BCUT2D eigenvalue weighted by Crippen LogP contribution is -2.39. The second kappa shape index (κ2) is 11.5. The predicted molar refractivity (Wildman–Crippen MR) is 141 cm³/mol. The van der Waals surface area contributed by atoms with Crippen LogP contribution < -0.4 is 16.2 Å². The second-order valence-corrected chi connectivity index (χ2v) is 10.5. The van der Waals surface area contributed by atoms with Crippen LogP contribution in [0.2, 0.25) is 0 Å². The summed E-state index contributed by atoms with van der Waals surface area (Å²) in [5.41, 5.74) is 0.900. The van der Waals surface area contributed by atoms with Gasteiger partial charge in [-0.25, -0.2) is 0 Å². The number of halogens is 3. The number of pyridine rings is 1. The first kappa shape index (κ1) is 28.2. The SMILES string of the molecule is Cc1c(C(C)NC(=O)c2cn(C3CCOCC3)c(=O)c(C)c2NC2CCN(C)CC2)cccc1C(F)(F)F. The Balaban J connectivity index is 1.69.